The first-order chi connectivity index (χ1) is 10.4. The molecule has 0 N–H and O–H groups in total. The van der Waals surface area contributed by atoms with Crippen LogP contribution >= 0.6 is 0 Å². The predicted molar refractivity (Wildman–Crippen MR) is 88.7 cm³/mol. The molecule has 0 aromatic rings. The summed E-state index contributed by atoms with van der Waals surface area (Å²) in [5.41, 5.74) is -3.11. The van der Waals surface area contributed by atoms with Gasteiger partial charge in [-0.2, -0.15) is 0 Å². The molecular formula is C19H28O4. The highest BCUT2D eigenvalue weighted by Crippen LogP contribution is 2.58. The zero-order chi connectivity index (χ0) is 17.5. The number of hydrogen-bond acceptors (Lipinski definition) is 4. The Morgan fingerprint density at radius 2 is 1.13 bits per heavy atom. The van der Waals surface area contributed by atoms with Crippen molar-refractivity contribution in [3.05, 3.63) is 24.3 Å². The van der Waals surface area contributed by atoms with Gasteiger partial charge in [-0.05, 0) is 54.4 Å². The SMILES string of the molecule is CC(C)(C)OC(=O)[C@@]12C=CC=C[C@]1(C(=O)OC(C)(C)C)CCC2. The third kappa shape index (κ3) is 3.22. The lowest BCUT2D eigenvalue weighted by Gasteiger charge is -2.42. The lowest BCUT2D eigenvalue weighted by Crippen LogP contribution is -2.51. The molecule has 2 aliphatic carbocycles. The van der Waals surface area contributed by atoms with Crippen LogP contribution in [0.5, 0.6) is 0 Å². The van der Waals surface area contributed by atoms with Gasteiger partial charge in [0.25, 0.3) is 0 Å². The van der Waals surface area contributed by atoms with Gasteiger partial charge in [-0.25, -0.2) is 0 Å². The number of rotatable bonds is 2. The molecule has 23 heavy (non-hydrogen) atoms. The Morgan fingerprint density at radius 3 is 1.43 bits per heavy atom. The third-order valence-electron chi connectivity index (χ3n) is 4.34. The number of carbonyl (C=O) groups excluding carboxylic acids is 2. The second kappa shape index (κ2) is 5.50. The summed E-state index contributed by atoms with van der Waals surface area (Å²) in [6, 6.07) is 0. The molecule has 0 heterocycles. The summed E-state index contributed by atoms with van der Waals surface area (Å²) in [5, 5.41) is 0. The van der Waals surface area contributed by atoms with Gasteiger partial charge < -0.3 is 9.47 Å². The summed E-state index contributed by atoms with van der Waals surface area (Å²) < 4.78 is 11.3. The monoisotopic (exact) mass is 320 g/mol. The maximum atomic E-state index is 13.0. The van der Waals surface area contributed by atoms with Gasteiger partial charge in [0, 0.05) is 0 Å². The molecule has 0 unspecified atom stereocenters. The molecule has 1 fully saturated rings. The molecular weight excluding hydrogens is 292 g/mol. The van der Waals surface area contributed by atoms with Crippen LogP contribution in [0, 0.1) is 10.8 Å². The first-order valence-corrected chi connectivity index (χ1v) is 8.26. The average molecular weight is 320 g/mol. The first kappa shape index (κ1) is 17.8. The van der Waals surface area contributed by atoms with Crippen molar-refractivity contribution in [1.82, 2.24) is 0 Å². The number of allylic oxidation sites excluding steroid dienone is 2. The van der Waals surface area contributed by atoms with Crippen LogP contribution in [-0.2, 0) is 19.1 Å². The maximum Gasteiger partial charge on any atom is 0.317 e. The number of esters is 2. The summed E-state index contributed by atoms with van der Waals surface area (Å²) in [6.07, 6.45) is 9.31. The quantitative estimate of drug-likeness (QED) is 0.723. The Labute approximate surface area is 138 Å². The molecule has 2 rings (SSSR count). The van der Waals surface area contributed by atoms with Crippen LogP contribution in [0.1, 0.15) is 60.8 Å². The number of fused-ring (bicyclic) bond motifs is 1. The molecule has 0 radical (unpaired) electrons. The Bertz CT molecular complexity index is 509. The van der Waals surface area contributed by atoms with E-state index in [1.807, 2.05) is 65.8 Å². The molecule has 0 saturated heterocycles. The van der Waals surface area contributed by atoms with Crippen LogP contribution in [0.4, 0.5) is 0 Å². The summed E-state index contributed by atoms with van der Waals surface area (Å²) in [6.45, 7) is 11.0. The minimum Gasteiger partial charge on any atom is -0.459 e. The Balaban J connectivity index is 2.43. The van der Waals surface area contributed by atoms with Gasteiger partial charge in [0.15, 0.2) is 0 Å². The second-order valence-corrected chi connectivity index (χ2v) is 8.52. The van der Waals surface area contributed by atoms with Crippen LogP contribution in [0.25, 0.3) is 0 Å². The molecule has 0 bridgehead atoms. The van der Waals surface area contributed by atoms with Crippen LogP contribution in [-0.4, -0.2) is 23.1 Å². The lowest BCUT2D eigenvalue weighted by atomic mass is 9.63. The van der Waals surface area contributed by atoms with Crippen LogP contribution in [0.3, 0.4) is 0 Å². The number of carbonyl (C=O) groups is 2. The third-order valence-corrected chi connectivity index (χ3v) is 4.34. The molecule has 2 atom stereocenters. The van der Waals surface area contributed by atoms with E-state index < -0.39 is 22.0 Å². The largest absolute Gasteiger partial charge is 0.459 e. The normalized spacial score (nSPS) is 30.0. The number of hydrogen-bond donors (Lipinski definition) is 0. The van der Waals surface area contributed by atoms with Gasteiger partial charge in [0.05, 0.1) is 0 Å². The van der Waals surface area contributed by atoms with Gasteiger partial charge in [-0.15, -0.1) is 0 Å². The van der Waals surface area contributed by atoms with Crippen LogP contribution < -0.4 is 0 Å². The maximum absolute atomic E-state index is 13.0. The minimum atomic E-state index is -0.961. The zero-order valence-electron chi connectivity index (χ0n) is 15.1. The molecule has 4 nitrogen and oxygen atoms in total. The fraction of sp³-hybridized carbons (Fsp3) is 0.684. The highest BCUT2D eigenvalue weighted by atomic mass is 16.6. The van der Waals surface area contributed by atoms with Crippen molar-refractivity contribution >= 4 is 11.9 Å². The van der Waals surface area contributed by atoms with Crippen molar-refractivity contribution in [2.24, 2.45) is 10.8 Å². The van der Waals surface area contributed by atoms with Gasteiger partial charge in [-0.3, -0.25) is 9.59 Å². The van der Waals surface area contributed by atoms with Gasteiger partial charge >= 0.3 is 11.9 Å². The fourth-order valence-electron chi connectivity index (χ4n) is 3.44. The first-order valence-electron chi connectivity index (χ1n) is 8.26. The number of ether oxygens (including phenoxy) is 2. The van der Waals surface area contributed by atoms with Crippen LogP contribution in [0.2, 0.25) is 0 Å². The molecule has 0 aromatic heterocycles. The minimum absolute atomic E-state index is 0.339. The standard InChI is InChI=1S/C19H28O4/c1-16(2,3)22-14(20)18-10-7-8-11-19(18,13-9-12-18)15(21)23-17(4,5)6/h7-8,10-11H,9,12-13H2,1-6H3/t18-,19+. The zero-order valence-corrected chi connectivity index (χ0v) is 15.1. The van der Waals surface area contributed by atoms with E-state index in [0.29, 0.717) is 12.8 Å². The molecule has 0 spiro atoms. The van der Waals surface area contributed by atoms with E-state index in [-0.39, 0.29) is 11.9 Å². The van der Waals surface area contributed by atoms with E-state index in [1.165, 1.54) is 0 Å². The molecule has 0 aliphatic heterocycles. The van der Waals surface area contributed by atoms with E-state index in [2.05, 4.69) is 0 Å². The Morgan fingerprint density at radius 1 is 0.783 bits per heavy atom. The molecule has 0 aromatic carbocycles. The van der Waals surface area contributed by atoms with Crippen molar-refractivity contribution in [2.75, 3.05) is 0 Å². The Hall–Kier alpha value is -1.58. The smallest absolute Gasteiger partial charge is 0.317 e. The summed E-state index contributed by atoms with van der Waals surface area (Å²) in [7, 11) is 0. The molecule has 4 heteroatoms. The van der Waals surface area contributed by atoms with E-state index in [9.17, 15) is 9.59 Å². The van der Waals surface area contributed by atoms with Crippen molar-refractivity contribution in [1.29, 1.82) is 0 Å². The van der Waals surface area contributed by atoms with E-state index in [4.69, 9.17) is 9.47 Å². The highest BCUT2D eigenvalue weighted by molar-refractivity contribution is 5.93. The van der Waals surface area contributed by atoms with Crippen molar-refractivity contribution < 1.29 is 19.1 Å². The van der Waals surface area contributed by atoms with Gasteiger partial charge in [0.2, 0.25) is 0 Å². The summed E-state index contributed by atoms with van der Waals surface area (Å²) in [4.78, 5) is 26.0. The van der Waals surface area contributed by atoms with Crippen molar-refractivity contribution in [3.63, 3.8) is 0 Å². The molecule has 0 amide bonds. The predicted octanol–water partition coefficient (Wildman–Crippen LogP) is 3.95. The van der Waals surface area contributed by atoms with E-state index in [1.54, 1.807) is 0 Å². The summed E-state index contributed by atoms with van der Waals surface area (Å²) >= 11 is 0. The molecule has 1 saturated carbocycles. The Kier molecular flexibility index (Phi) is 4.25. The fourth-order valence-corrected chi connectivity index (χ4v) is 3.44. The van der Waals surface area contributed by atoms with Gasteiger partial charge in [0.1, 0.15) is 22.0 Å². The highest BCUT2D eigenvalue weighted by Gasteiger charge is 2.64. The van der Waals surface area contributed by atoms with Crippen molar-refractivity contribution in [2.45, 2.75) is 72.0 Å². The topological polar surface area (TPSA) is 52.6 Å². The van der Waals surface area contributed by atoms with E-state index >= 15 is 0 Å². The molecule has 2 aliphatic rings. The van der Waals surface area contributed by atoms with Crippen molar-refractivity contribution in [3.8, 4) is 0 Å². The summed E-state index contributed by atoms with van der Waals surface area (Å²) in [5.74, 6) is -0.678. The van der Waals surface area contributed by atoms with E-state index in [0.717, 1.165) is 6.42 Å². The molecule has 128 valence electrons. The second-order valence-electron chi connectivity index (χ2n) is 8.52. The van der Waals surface area contributed by atoms with Gasteiger partial charge in [-0.1, -0.05) is 30.7 Å². The van der Waals surface area contributed by atoms with Crippen LogP contribution in [0.15, 0.2) is 24.3 Å². The lowest BCUT2D eigenvalue weighted by molar-refractivity contribution is -0.183. The average Bonchev–Trinajstić information content (AvgIpc) is 2.76.